The zero-order valence-electron chi connectivity index (χ0n) is 3.83. The maximum absolute atomic E-state index is 9.88. The highest BCUT2D eigenvalue weighted by Gasteiger charge is 2.40. The molecule has 4 heteroatoms. The minimum atomic E-state index is -2.31. The van der Waals surface area contributed by atoms with Gasteiger partial charge in [0.05, 0.1) is 6.10 Å². The second kappa shape index (κ2) is 1.51. The first-order chi connectivity index (χ1) is 3.22. The Bertz CT molecular complexity index is 102. The highest BCUT2D eigenvalue weighted by atomic mass is 31.1. The van der Waals surface area contributed by atoms with Crippen molar-refractivity contribution in [2.45, 2.75) is 18.9 Å². The molecule has 1 heterocycles. The largest absolute Gasteiger partial charge is 0.355 e. The van der Waals surface area contributed by atoms with Crippen LogP contribution in [0.5, 0.6) is 0 Å². The third-order valence-electron chi connectivity index (χ3n) is 0.887. The zero-order chi connectivity index (χ0) is 5.44. The van der Waals surface area contributed by atoms with Crippen molar-refractivity contribution in [3.05, 3.63) is 0 Å². The predicted octanol–water partition coefficient (Wildman–Crippen LogP) is 0.904. The summed E-state index contributed by atoms with van der Waals surface area (Å²) in [6.07, 6.45) is -0.0545. The van der Waals surface area contributed by atoms with Crippen molar-refractivity contribution in [2.75, 3.05) is 0 Å². The van der Waals surface area contributed by atoms with Gasteiger partial charge in [0.15, 0.2) is 5.85 Å². The normalized spacial score (nSPS) is 40.6. The molecule has 0 saturated carbocycles. The number of hydrogen-bond acceptors (Lipinski definition) is 2. The second-order valence-corrected chi connectivity index (χ2v) is 2.60. The summed E-state index contributed by atoms with van der Waals surface area (Å²) < 4.78 is 14.5. The van der Waals surface area contributed by atoms with Crippen molar-refractivity contribution in [1.29, 1.82) is 0 Å². The van der Waals surface area contributed by atoms with Crippen LogP contribution in [0.2, 0.25) is 0 Å². The van der Waals surface area contributed by atoms with Gasteiger partial charge in [-0.05, 0) is 6.92 Å². The van der Waals surface area contributed by atoms with E-state index in [9.17, 15) is 9.46 Å². The van der Waals surface area contributed by atoms with Crippen LogP contribution in [0.25, 0.3) is 0 Å². The number of epoxide rings is 1. The number of rotatable bonds is 1. The summed E-state index contributed by atoms with van der Waals surface area (Å²) in [6, 6.07) is 0. The third kappa shape index (κ3) is 0.969. The first-order valence-corrected chi connectivity index (χ1v) is 3.25. The molecule has 0 aromatic heterocycles. The summed E-state index contributed by atoms with van der Waals surface area (Å²) in [4.78, 5) is 9.88. The molecule has 0 amide bonds. The van der Waals surface area contributed by atoms with Crippen molar-refractivity contribution >= 4 is 8.03 Å². The molecule has 0 spiro atoms. The highest BCUT2D eigenvalue weighted by Crippen LogP contribution is 2.40. The smallest absolute Gasteiger partial charge is 0.278 e. The molecule has 3 atom stereocenters. The van der Waals surface area contributed by atoms with Gasteiger partial charge in [-0.15, -0.1) is 4.89 Å². The summed E-state index contributed by atoms with van der Waals surface area (Å²) in [5.74, 6) is -0.477. The lowest BCUT2D eigenvalue weighted by molar-refractivity contribution is 0.376. The average molecular weight is 120 g/mol. The summed E-state index contributed by atoms with van der Waals surface area (Å²) in [5.41, 5.74) is 0. The van der Waals surface area contributed by atoms with Gasteiger partial charge in [-0.3, -0.25) is 0 Å². The molecule has 0 aromatic carbocycles. The van der Waals surface area contributed by atoms with Gasteiger partial charge in [0, 0.05) is 0 Å². The van der Waals surface area contributed by atoms with Crippen molar-refractivity contribution in [1.82, 2.24) is 0 Å². The van der Waals surface area contributed by atoms with Crippen LogP contribution in [-0.2, 0) is 14.2 Å². The standard InChI is InChI=1S/C3H5O3P/c1-2-3(6-2)7(4)5/h2-3H,1H3/t2-,3+/m1/s1. The molecular formula is C3H5O3P. The van der Waals surface area contributed by atoms with Crippen LogP contribution in [0.4, 0.5) is 0 Å². The van der Waals surface area contributed by atoms with Crippen LogP contribution < -0.4 is 0 Å². The molecule has 40 valence electrons. The molecule has 3 nitrogen and oxygen atoms in total. The Morgan fingerprint density at radius 3 is 2.14 bits per heavy atom. The molecule has 0 aliphatic carbocycles. The van der Waals surface area contributed by atoms with E-state index >= 15 is 0 Å². The molecule has 1 aliphatic heterocycles. The molecule has 1 fully saturated rings. The molecular weight excluding hydrogens is 115 g/mol. The van der Waals surface area contributed by atoms with E-state index in [1.807, 2.05) is 0 Å². The van der Waals surface area contributed by atoms with Crippen molar-refractivity contribution in [3.63, 3.8) is 0 Å². The Balaban J connectivity index is 2.33. The topological polar surface area (TPSA) is 49.5 Å². The Morgan fingerprint density at radius 2 is 2.14 bits per heavy atom. The molecule has 1 saturated heterocycles. The minimum absolute atomic E-state index is 0.0545. The summed E-state index contributed by atoms with van der Waals surface area (Å²) in [6.45, 7) is 1.73. The fraction of sp³-hybridized carbons (Fsp3) is 1.00. The van der Waals surface area contributed by atoms with Gasteiger partial charge in [0.25, 0.3) is 8.03 Å². The van der Waals surface area contributed by atoms with Crippen LogP contribution in [-0.4, -0.2) is 11.9 Å². The second-order valence-electron chi connectivity index (χ2n) is 1.52. The molecule has 0 N–H and O–H groups in total. The van der Waals surface area contributed by atoms with E-state index in [-0.39, 0.29) is 6.10 Å². The lowest BCUT2D eigenvalue weighted by Gasteiger charge is -1.70. The van der Waals surface area contributed by atoms with Crippen molar-refractivity contribution in [2.24, 2.45) is 0 Å². The third-order valence-corrected chi connectivity index (χ3v) is 1.84. The Kier molecular flexibility index (Phi) is 1.11. The van der Waals surface area contributed by atoms with Crippen LogP contribution in [0.1, 0.15) is 6.92 Å². The Hall–Kier alpha value is 0.0200. The van der Waals surface area contributed by atoms with Crippen LogP contribution >= 0.6 is 8.03 Å². The minimum Gasteiger partial charge on any atom is -0.355 e. The van der Waals surface area contributed by atoms with E-state index in [1.165, 1.54) is 0 Å². The fourth-order valence-electron chi connectivity index (χ4n) is 0.396. The van der Waals surface area contributed by atoms with E-state index in [0.29, 0.717) is 0 Å². The maximum Gasteiger partial charge on any atom is 0.278 e. The highest BCUT2D eigenvalue weighted by molar-refractivity contribution is 7.38. The van der Waals surface area contributed by atoms with E-state index in [0.717, 1.165) is 0 Å². The molecule has 1 unspecified atom stereocenters. The Labute approximate surface area is 42.2 Å². The van der Waals surface area contributed by atoms with Gasteiger partial charge in [-0.1, -0.05) is 0 Å². The monoisotopic (exact) mass is 120 g/mol. The van der Waals surface area contributed by atoms with Crippen molar-refractivity contribution in [3.8, 4) is 0 Å². The average Bonchev–Trinajstić information content (AvgIpc) is 2.17. The van der Waals surface area contributed by atoms with E-state index in [2.05, 4.69) is 4.74 Å². The van der Waals surface area contributed by atoms with Crippen molar-refractivity contribution < 1.29 is 14.2 Å². The molecule has 1 aliphatic rings. The van der Waals surface area contributed by atoms with Gasteiger partial charge in [-0.2, -0.15) is 0 Å². The van der Waals surface area contributed by atoms with Gasteiger partial charge in [-0.25, -0.2) is 4.57 Å². The van der Waals surface area contributed by atoms with Crippen LogP contribution in [0, 0.1) is 0 Å². The molecule has 7 heavy (non-hydrogen) atoms. The summed E-state index contributed by atoms with van der Waals surface area (Å²) >= 11 is 0. The summed E-state index contributed by atoms with van der Waals surface area (Å²) in [7, 11) is -2.31. The molecule has 0 bridgehead atoms. The first-order valence-electron chi connectivity index (χ1n) is 2.01. The SMILES string of the molecule is C[C@H]1O[C@H]1[P]([O])=O. The fourth-order valence-corrected chi connectivity index (χ4v) is 1.03. The first kappa shape index (κ1) is 5.16. The zero-order valence-corrected chi connectivity index (χ0v) is 4.72. The van der Waals surface area contributed by atoms with Gasteiger partial charge in [0.1, 0.15) is 0 Å². The van der Waals surface area contributed by atoms with Gasteiger partial charge < -0.3 is 4.74 Å². The lowest BCUT2D eigenvalue weighted by atomic mass is 10.6. The van der Waals surface area contributed by atoms with Gasteiger partial charge >= 0.3 is 0 Å². The van der Waals surface area contributed by atoms with Crippen LogP contribution in [0.3, 0.4) is 0 Å². The van der Waals surface area contributed by atoms with E-state index < -0.39 is 13.9 Å². The maximum atomic E-state index is 9.88. The molecule has 1 rings (SSSR count). The quantitative estimate of drug-likeness (QED) is 0.381. The summed E-state index contributed by atoms with van der Waals surface area (Å²) in [5, 5.41) is 0. The number of hydrogen-bond donors (Lipinski definition) is 0. The molecule has 2 radical (unpaired) electrons. The van der Waals surface area contributed by atoms with E-state index in [4.69, 9.17) is 0 Å². The predicted molar refractivity (Wildman–Crippen MR) is 22.6 cm³/mol. The van der Waals surface area contributed by atoms with Crippen LogP contribution in [0.15, 0.2) is 0 Å². The Morgan fingerprint density at radius 1 is 1.71 bits per heavy atom. The number of ether oxygens (including phenoxy) is 1. The lowest BCUT2D eigenvalue weighted by Crippen LogP contribution is -1.76. The molecule has 0 aromatic rings. The van der Waals surface area contributed by atoms with E-state index in [1.54, 1.807) is 6.92 Å². The van der Waals surface area contributed by atoms with Gasteiger partial charge in [0.2, 0.25) is 0 Å².